The van der Waals surface area contributed by atoms with Crippen molar-refractivity contribution in [3.8, 4) is 11.4 Å². The van der Waals surface area contributed by atoms with E-state index >= 15 is 0 Å². The Kier molecular flexibility index (Phi) is 5.39. The van der Waals surface area contributed by atoms with Crippen molar-refractivity contribution in [3.05, 3.63) is 36.0 Å². The first-order chi connectivity index (χ1) is 10.2. The zero-order valence-corrected chi connectivity index (χ0v) is 11.6. The van der Waals surface area contributed by atoms with E-state index in [-0.39, 0.29) is 18.1 Å². The van der Waals surface area contributed by atoms with Gasteiger partial charge in [-0.3, -0.25) is 4.79 Å². The van der Waals surface area contributed by atoms with Gasteiger partial charge in [0.05, 0.1) is 6.61 Å². The molecule has 0 radical (unpaired) electrons. The largest absolute Gasteiger partial charge is 0.383 e. The molecule has 1 aromatic heterocycles. The molecule has 0 unspecified atom stereocenters. The highest BCUT2D eigenvalue weighted by Gasteiger charge is 2.10. The third kappa shape index (κ3) is 4.64. The lowest BCUT2D eigenvalue weighted by molar-refractivity contribution is -0.121. The van der Waals surface area contributed by atoms with Crippen molar-refractivity contribution in [2.24, 2.45) is 0 Å². The molecule has 21 heavy (non-hydrogen) atoms. The molecule has 2 rings (SSSR count). The maximum Gasteiger partial charge on any atom is 0.227 e. The van der Waals surface area contributed by atoms with E-state index < -0.39 is 0 Å². The van der Waals surface area contributed by atoms with Gasteiger partial charge in [-0.2, -0.15) is 4.98 Å². The Morgan fingerprint density at radius 3 is 2.86 bits per heavy atom. The number of ether oxygens (including phenoxy) is 1. The maximum absolute atomic E-state index is 12.8. The maximum atomic E-state index is 12.8. The van der Waals surface area contributed by atoms with E-state index in [1.165, 1.54) is 12.1 Å². The third-order valence-electron chi connectivity index (χ3n) is 2.76. The number of rotatable bonds is 7. The number of aromatic nitrogens is 2. The Hall–Kier alpha value is -2.28. The minimum Gasteiger partial charge on any atom is -0.383 e. The number of aryl methyl sites for hydroxylation is 1. The van der Waals surface area contributed by atoms with Crippen LogP contribution in [0.3, 0.4) is 0 Å². The van der Waals surface area contributed by atoms with Gasteiger partial charge in [-0.25, -0.2) is 4.39 Å². The minimum absolute atomic E-state index is 0.103. The molecule has 0 atom stereocenters. The average molecular weight is 293 g/mol. The lowest BCUT2D eigenvalue weighted by Gasteiger charge is -2.02. The first kappa shape index (κ1) is 15.1. The molecule has 0 bridgehead atoms. The van der Waals surface area contributed by atoms with E-state index in [1.54, 1.807) is 19.2 Å². The van der Waals surface area contributed by atoms with Crippen LogP contribution in [-0.4, -0.2) is 36.3 Å². The molecule has 0 aliphatic heterocycles. The van der Waals surface area contributed by atoms with Gasteiger partial charge in [0.15, 0.2) is 0 Å². The van der Waals surface area contributed by atoms with Gasteiger partial charge < -0.3 is 14.6 Å². The van der Waals surface area contributed by atoms with E-state index in [9.17, 15) is 9.18 Å². The molecule has 112 valence electrons. The fourth-order valence-electron chi connectivity index (χ4n) is 1.67. The fourth-order valence-corrected chi connectivity index (χ4v) is 1.67. The molecule has 6 nitrogen and oxygen atoms in total. The third-order valence-corrected chi connectivity index (χ3v) is 2.76. The second-order valence-corrected chi connectivity index (χ2v) is 4.36. The van der Waals surface area contributed by atoms with Crippen molar-refractivity contribution in [2.45, 2.75) is 12.8 Å². The van der Waals surface area contributed by atoms with E-state index in [0.29, 0.717) is 36.9 Å². The van der Waals surface area contributed by atoms with Gasteiger partial charge in [0.25, 0.3) is 0 Å². The van der Waals surface area contributed by atoms with Crippen LogP contribution in [0.4, 0.5) is 4.39 Å². The van der Waals surface area contributed by atoms with Gasteiger partial charge in [0, 0.05) is 32.1 Å². The van der Waals surface area contributed by atoms with Gasteiger partial charge in [-0.1, -0.05) is 5.16 Å². The number of nitrogens with zero attached hydrogens (tertiary/aromatic N) is 2. The van der Waals surface area contributed by atoms with Crippen LogP contribution in [0, 0.1) is 5.82 Å². The van der Waals surface area contributed by atoms with Gasteiger partial charge in [-0.15, -0.1) is 0 Å². The highest BCUT2D eigenvalue weighted by molar-refractivity contribution is 5.76. The Balaban J connectivity index is 1.86. The van der Waals surface area contributed by atoms with Gasteiger partial charge in [0.1, 0.15) is 5.82 Å². The van der Waals surface area contributed by atoms with Crippen molar-refractivity contribution >= 4 is 5.91 Å². The summed E-state index contributed by atoms with van der Waals surface area (Å²) < 4.78 is 22.7. The number of nitrogens with one attached hydrogen (secondary N) is 1. The first-order valence-electron chi connectivity index (χ1n) is 6.53. The molecule has 1 N–H and O–H groups in total. The van der Waals surface area contributed by atoms with Crippen molar-refractivity contribution in [2.75, 3.05) is 20.3 Å². The lowest BCUT2D eigenvalue weighted by atomic mass is 10.2. The number of halogens is 1. The monoisotopic (exact) mass is 293 g/mol. The van der Waals surface area contributed by atoms with Crippen molar-refractivity contribution < 1.29 is 18.4 Å². The summed E-state index contributed by atoms with van der Waals surface area (Å²) in [6.45, 7) is 0.945. The molecule has 7 heteroatoms. The number of amides is 1. The van der Waals surface area contributed by atoms with Crippen LogP contribution in [0.5, 0.6) is 0 Å². The molecule has 0 aliphatic rings. The van der Waals surface area contributed by atoms with E-state index in [2.05, 4.69) is 15.5 Å². The number of hydrogen-bond donors (Lipinski definition) is 1. The van der Waals surface area contributed by atoms with Crippen LogP contribution in [0.25, 0.3) is 11.4 Å². The smallest absolute Gasteiger partial charge is 0.227 e. The number of benzene rings is 1. The molecule has 1 heterocycles. The molecule has 0 saturated heterocycles. The van der Waals surface area contributed by atoms with Crippen LogP contribution in [0.1, 0.15) is 12.3 Å². The van der Waals surface area contributed by atoms with E-state index in [1.807, 2.05) is 0 Å². The summed E-state index contributed by atoms with van der Waals surface area (Å²) in [5.74, 6) is 0.324. The summed E-state index contributed by atoms with van der Waals surface area (Å²) >= 11 is 0. The predicted octanol–water partition coefficient (Wildman–Crippen LogP) is 1.57. The summed E-state index contributed by atoms with van der Waals surface area (Å²) in [5.41, 5.74) is 0.663. The van der Waals surface area contributed by atoms with Crippen LogP contribution >= 0.6 is 0 Å². The molecule has 0 saturated carbocycles. The molecular weight excluding hydrogens is 277 g/mol. The number of hydrogen-bond acceptors (Lipinski definition) is 5. The van der Waals surface area contributed by atoms with E-state index in [0.717, 1.165) is 0 Å². The van der Waals surface area contributed by atoms with Crippen LogP contribution in [0.15, 0.2) is 28.8 Å². The SMILES string of the molecule is COCCNC(=O)CCc1nc(-c2ccc(F)cc2)no1. The van der Waals surface area contributed by atoms with Crippen molar-refractivity contribution in [1.82, 2.24) is 15.5 Å². The summed E-state index contributed by atoms with van der Waals surface area (Å²) in [5, 5.41) is 6.51. The molecule has 1 aromatic carbocycles. The number of methoxy groups -OCH3 is 1. The second-order valence-electron chi connectivity index (χ2n) is 4.36. The summed E-state index contributed by atoms with van der Waals surface area (Å²) in [4.78, 5) is 15.7. The molecule has 0 fully saturated rings. The average Bonchev–Trinajstić information content (AvgIpc) is 2.95. The molecule has 1 amide bonds. The second kappa shape index (κ2) is 7.49. The van der Waals surface area contributed by atoms with Crippen molar-refractivity contribution in [3.63, 3.8) is 0 Å². The molecule has 0 aliphatic carbocycles. The number of carbonyl (C=O) groups excluding carboxylic acids is 1. The Bertz CT molecular complexity index is 583. The highest BCUT2D eigenvalue weighted by atomic mass is 19.1. The highest BCUT2D eigenvalue weighted by Crippen LogP contribution is 2.16. The summed E-state index contributed by atoms with van der Waals surface area (Å²) in [7, 11) is 1.57. The Morgan fingerprint density at radius 2 is 2.14 bits per heavy atom. The predicted molar refractivity (Wildman–Crippen MR) is 72.9 cm³/mol. The van der Waals surface area contributed by atoms with E-state index in [4.69, 9.17) is 9.26 Å². The standard InChI is InChI=1S/C14H16FN3O3/c1-20-9-8-16-12(19)6-7-13-17-14(18-21-13)10-2-4-11(15)5-3-10/h2-5H,6-9H2,1H3,(H,16,19). The zero-order valence-electron chi connectivity index (χ0n) is 11.6. The first-order valence-corrected chi connectivity index (χ1v) is 6.53. The van der Waals surface area contributed by atoms with Gasteiger partial charge in [0.2, 0.25) is 17.6 Å². The van der Waals surface area contributed by atoms with Crippen molar-refractivity contribution in [1.29, 1.82) is 0 Å². The van der Waals surface area contributed by atoms with Gasteiger partial charge in [-0.05, 0) is 24.3 Å². The summed E-state index contributed by atoms with van der Waals surface area (Å²) in [6, 6.07) is 5.80. The minimum atomic E-state index is -0.324. The quantitative estimate of drug-likeness (QED) is 0.784. The molecule has 2 aromatic rings. The number of carbonyl (C=O) groups is 1. The molecular formula is C14H16FN3O3. The fraction of sp³-hybridized carbons (Fsp3) is 0.357. The summed E-state index contributed by atoms with van der Waals surface area (Å²) in [6.07, 6.45) is 0.613. The lowest BCUT2D eigenvalue weighted by Crippen LogP contribution is -2.27. The van der Waals surface area contributed by atoms with Crippen LogP contribution in [-0.2, 0) is 16.0 Å². The normalized spacial score (nSPS) is 10.6. The van der Waals surface area contributed by atoms with Crippen LogP contribution in [0.2, 0.25) is 0 Å². The zero-order chi connectivity index (χ0) is 15.1. The van der Waals surface area contributed by atoms with Gasteiger partial charge >= 0.3 is 0 Å². The Morgan fingerprint density at radius 1 is 1.38 bits per heavy atom. The van der Waals surface area contributed by atoms with Crippen LogP contribution < -0.4 is 5.32 Å². The Labute approximate surface area is 121 Å². The topological polar surface area (TPSA) is 77.2 Å². The molecule has 0 spiro atoms.